The third-order valence-electron chi connectivity index (χ3n) is 5.39. The van der Waals surface area contributed by atoms with Crippen LogP contribution in [0.15, 0.2) is 40.8 Å². The lowest BCUT2D eigenvalue weighted by molar-refractivity contribution is -0.134. The Labute approximate surface area is 158 Å². The van der Waals surface area contributed by atoms with Crippen molar-refractivity contribution < 1.29 is 14.0 Å². The summed E-state index contributed by atoms with van der Waals surface area (Å²) in [6.45, 7) is 3.73. The van der Waals surface area contributed by atoms with Gasteiger partial charge in [0.25, 0.3) is 0 Å². The molecule has 2 aromatic rings. The minimum absolute atomic E-state index is 0.0736. The van der Waals surface area contributed by atoms with Gasteiger partial charge in [0.1, 0.15) is 11.5 Å². The summed E-state index contributed by atoms with van der Waals surface area (Å²) < 4.78 is 5.64. The van der Waals surface area contributed by atoms with Crippen molar-refractivity contribution in [1.82, 2.24) is 15.5 Å². The Morgan fingerprint density at radius 1 is 1.22 bits per heavy atom. The van der Waals surface area contributed by atoms with E-state index in [0.717, 1.165) is 24.4 Å². The van der Waals surface area contributed by atoms with Gasteiger partial charge in [-0.1, -0.05) is 24.3 Å². The van der Waals surface area contributed by atoms with E-state index in [4.69, 9.17) is 4.42 Å². The summed E-state index contributed by atoms with van der Waals surface area (Å²) in [5, 5.41) is 5.99. The van der Waals surface area contributed by atoms with E-state index in [1.165, 1.54) is 11.1 Å². The fourth-order valence-electron chi connectivity index (χ4n) is 4.07. The lowest BCUT2D eigenvalue weighted by Crippen LogP contribution is -2.56. The van der Waals surface area contributed by atoms with Gasteiger partial charge in [-0.25, -0.2) is 0 Å². The van der Waals surface area contributed by atoms with Crippen molar-refractivity contribution in [3.63, 3.8) is 0 Å². The minimum Gasteiger partial charge on any atom is -0.465 e. The number of aryl methyl sites for hydroxylation is 1. The number of furan rings is 1. The Morgan fingerprint density at radius 2 is 1.96 bits per heavy atom. The predicted molar refractivity (Wildman–Crippen MR) is 101 cm³/mol. The molecule has 0 spiro atoms. The average Bonchev–Trinajstić information content (AvgIpc) is 3.23. The maximum atomic E-state index is 12.6. The standard InChI is InChI=1S/C21H25N3O3/c1-14-6-7-18(27-14)13-24-9-8-22-21(26)19(24)12-20(25)23-17-10-15-4-2-3-5-16(15)11-17/h2-7,17,19H,8-13H2,1H3,(H,22,26)(H,23,25)/t19-/m0/s1. The van der Waals surface area contributed by atoms with E-state index in [1.54, 1.807) is 0 Å². The number of carbonyl (C=O) groups is 2. The molecule has 1 aromatic heterocycles. The highest BCUT2D eigenvalue weighted by Gasteiger charge is 2.33. The molecule has 1 atom stereocenters. The van der Waals surface area contributed by atoms with E-state index < -0.39 is 6.04 Å². The van der Waals surface area contributed by atoms with Gasteiger partial charge in [-0.3, -0.25) is 14.5 Å². The van der Waals surface area contributed by atoms with Gasteiger partial charge in [0.15, 0.2) is 0 Å². The average molecular weight is 367 g/mol. The van der Waals surface area contributed by atoms with E-state index in [0.29, 0.717) is 19.6 Å². The zero-order valence-corrected chi connectivity index (χ0v) is 15.5. The first-order chi connectivity index (χ1) is 13.1. The maximum Gasteiger partial charge on any atom is 0.237 e. The molecule has 2 heterocycles. The van der Waals surface area contributed by atoms with Gasteiger partial charge in [-0.15, -0.1) is 0 Å². The van der Waals surface area contributed by atoms with Crippen LogP contribution in [-0.4, -0.2) is 41.9 Å². The topological polar surface area (TPSA) is 74.6 Å². The summed E-state index contributed by atoms with van der Waals surface area (Å²) in [5.41, 5.74) is 2.60. The van der Waals surface area contributed by atoms with E-state index in [-0.39, 0.29) is 24.3 Å². The van der Waals surface area contributed by atoms with Crippen molar-refractivity contribution in [3.05, 3.63) is 59.0 Å². The molecule has 1 aliphatic carbocycles. The molecule has 6 heteroatoms. The largest absolute Gasteiger partial charge is 0.465 e. The molecule has 27 heavy (non-hydrogen) atoms. The molecule has 0 unspecified atom stereocenters. The van der Waals surface area contributed by atoms with Crippen molar-refractivity contribution in [1.29, 1.82) is 0 Å². The Bertz CT molecular complexity index is 820. The fraction of sp³-hybridized carbons (Fsp3) is 0.429. The summed E-state index contributed by atoms with van der Waals surface area (Å²) in [7, 11) is 0. The van der Waals surface area contributed by atoms with E-state index >= 15 is 0 Å². The number of hydrogen-bond acceptors (Lipinski definition) is 4. The second-order valence-corrected chi connectivity index (χ2v) is 7.44. The van der Waals surface area contributed by atoms with Crippen LogP contribution < -0.4 is 10.6 Å². The molecule has 0 saturated carbocycles. The molecule has 0 radical (unpaired) electrons. The molecule has 1 aromatic carbocycles. The lowest BCUT2D eigenvalue weighted by Gasteiger charge is -2.34. The molecule has 1 fully saturated rings. The Morgan fingerprint density at radius 3 is 2.63 bits per heavy atom. The molecule has 0 bridgehead atoms. The molecule has 6 nitrogen and oxygen atoms in total. The number of fused-ring (bicyclic) bond motifs is 1. The first kappa shape index (κ1) is 17.8. The summed E-state index contributed by atoms with van der Waals surface area (Å²) in [6.07, 6.45) is 1.88. The zero-order chi connectivity index (χ0) is 18.8. The highest BCUT2D eigenvalue weighted by molar-refractivity contribution is 5.89. The van der Waals surface area contributed by atoms with E-state index in [1.807, 2.05) is 36.1 Å². The third-order valence-corrected chi connectivity index (χ3v) is 5.39. The highest BCUT2D eigenvalue weighted by atomic mass is 16.3. The van der Waals surface area contributed by atoms with Gasteiger partial charge < -0.3 is 15.1 Å². The number of piperazine rings is 1. The molecule has 2 N–H and O–H groups in total. The number of amides is 2. The van der Waals surface area contributed by atoms with Crippen molar-refractivity contribution in [2.24, 2.45) is 0 Å². The molecule has 4 rings (SSSR count). The number of hydrogen-bond donors (Lipinski definition) is 2. The smallest absolute Gasteiger partial charge is 0.237 e. The maximum absolute atomic E-state index is 12.6. The zero-order valence-electron chi connectivity index (χ0n) is 15.5. The molecular formula is C21H25N3O3. The van der Waals surface area contributed by atoms with Crippen LogP contribution in [0.2, 0.25) is 0 Å². The van der Waals surface area contributed by atoms with Gasteiger partial charge in [-0.2, -0.15) is 0 Å². The Balaban J connectivity index is 1.37. The predicted octanol–water partition coefficient (Wildman–Crippen LogP) is 1.56. The van der Waals surface area contributed by atoms with Crippen molar-refractivity contribution in [2.45, 2.75) is 44.8 Å². The van der Waals surface area contributed by atoms with Crippen molar-refractivity contribution in [2.75, 3.05) is 13.1 Å². The molecule has 1 saturated heterocycles. The quantitative estimate of drug-likeness (QED) is 0.841. The number of nitrogens with zero attached hydrogens (tertiary/aromatic N) is 1. The molecule has 142 valence electrons. The molecular weight excluding hydrogens is 342 g/mol. The number of nitrogens with one attached hydrogen (secondary N) is 2. The van der Waals surface area contributed by atoms with Gasteiger partial charge in [0, 0.05) is 19.1 Å². The van der Waals surface area contributed by atoms with Gasteiger partial charge in [0.2, 0.25) is 11.8 Å². The van der Waals surface area contributed by atoms with Crippen molar-refractivity contribution >= 4 is 11.8 Å². The summed E-state index contributed by atoms with van der Waals surface area (Å²) >= 11 is 0. The first-order valence-corrected chi connectivity index (χ1v) is 9.52. The van der Waals surface area contributed by atoms with Crippen LogP contribution in [0.1, 0.15) is 29.1 Å². The highest BCUT2D eigenvalue weighted by Crippen LogP contribution is 2.22. The van der Waals surface area contributed by atoms with Crippen LogP contribution in [0.3, 0.4) is 0 Å². The summed E-state index contributed by atoms with van der Waals surface area (Å²) in [5.74, 6) is 1.50. The van der Waals surface area contributed by atoms with Gasteiger partial charge >= 0.3 is 0 Å². The number of rotatable bonds is 5. The minimum atomic E-state index is -0.465. The first-order valence-electron chi connectivity index (χ1n) is 9.52. The van der Waals surface area contributed by atoms with E-state index in [2.05, 4.69) is 22.8 Å². The van der Waals surface area contributed by atoms with Gasteiger partial charge in [0.05, 0.1) is 19.0 Å². The fourth-order valence-corrected chi connectivity index (χ4v) is 4.07. The van der Waals surface area contributed by atoms with Gasteiger partial charge in [-0.05, 0) is 43.0 Å². The SMILES string of the molecule is Cc1ccc(CN2CCNC(=O)[C@@H]2CC(=O)NC2Cc3ccccc3C2)o1. The van der Waals surface area contributed by atoms with Crippen LogP contribution >= 0.6 is 0 Å². The second kappa shape index (κ2) is 7.56. The van der Waals surface area contributed by atoms with Crippen LogP contribution in [0, 0.1) is 6.92 Å². The van der Waals surface area contributed by atoms with Crippen molar-refractivity contribution in [3.8, 4) is 0 Å². The van der Waals surface area contributed by atoms with Crippen LogP contribution in [0.25, 0.3) is 0 Å². The molecule has 2 amide bonds. The van der Waals surface area contributed by atoms with Crippen LogP contribution in [0.5, 0.6) is 0 Å². The molecule has 2 aliphatic rings. The number of benzene rings is 1. The Hall–Kier alpha value is -2.60. The summed E-state index contributed by atoms with van der Waals surface area (Å²) in [6, 6.07) is 11.8. The molecule has 1 aliphatic heterocycles. The monoisotopic (exact) mass is 367 g/mol. The summed E-state index contributed by atoms with van der Waals surface area (Å²) in [4.78, 5) is 27.0. The third kappa shape index (κ3) is 4.06. The van der Waals surface area contributed by atoms with Crippen LogP contribution in [0.4, 0.5) is 0 Å². The normalized spacial score (nSPS) is 20.3. The number of carbonyl (C=O) groups excluding carboxylic acids is 2. The van der Waals surface area contributed by atoms with E-state index in [9.17, 15) is 9.59 Å². The van der Waals surface area contributed by atoms with Crippen LogP contribution in [-0.2, 0) is 29.0 Å². The lowest BCUT2D eigenvalue weighted by atomic mass is 10.1. The second-order valence-electron chi connectivity index (χ2n) is 7.44. The Kier molecular flexibility index (Phi) is 4.99.